The number of carbonyl (C=O) groups is 1. The van der Waals surface area contributed by atoms with Crippen molar-refractivity contribution in [2.24, 2.45) is 0 Å². The summed E-state index contributed by atoms with van der Waals surface area (Å²) in [6.45, 7) is 8.51. The summed E-state index contributed by atoms with van der Waals surface area (Å²) in [5.74, 6) is 1.51. The monoisotopic (exact) mass is 394 g/mol. The largest absolute Gasteiger partial charge is 0.375 e. The molecule has 1 N–H and O–H groups in total. The molecule has 0 bridgehead atoms. The molecule has 1 amide bonds. The number of aromatic nitrogens is 3. The maximum atomic E-state index is 11.6. The van der Waals surface area contributed by atoms with E-state index in [2.05, 4.69) is 29.3 Å². The van der Waals surface area contributed by atoms with Crippen molar-refractivity contribution in [3.05, 3.63) is 53.1 Å². The van der Waals surface area contributed by atoms with E-state index in [1.807, 2.05) is 44.3 Å². The number of carbonyl (C=O) groups excluding carboxylic acids is 1. The summed E-state index contributed by atoms with van der Waals surface area (Å²) in [5.41, 5.74) is 5.38. The van der Waals surface area contributed by atoms with Crippen LogP contribution in [-0.4, -0.2) is 34.7 Å². The molecule has 3 aromatic rings. The number of hydrogen-bond donors (Lipinski definition) is 1. The van der Waals surface area contributed by atoms with Gasteiger partial charge in [-0.15, -0.1) is 0 Å². The van der Waals surface area contributed by atoms with Gasteiger partial charge in [-0.05, 0) is 19.4 Å². The summed E-state index contributed by atoms with van der Waals surface area (Å²) < 4.78 is 10.4. The van der Waals surface area contributed by atoms with Crippen molar-refractivity contribution >= 4 is 5.91 Å². The van der Waals surface area contributed by atoms with E-state index in [-0.39, 0.29) is 18.4 Å². The zero-order valence-corrected chi connectivity index (χ0v) is 17.4. The Hall–Kier alpha value is -3.06. The van der Waals surface area contributed by atoms with Gasteiger partial charge >= 0.3 is 0 Å². The maximum Gasteiger partial charge on any atom is 0.246 e. The van der Waals surface area contributed by atoms with Crippen molar-refractivity contribution in [1.29, 1.82) is 0 Å². The second-order valence-corrected chi connectivity index (χ2v) is 7.27. The number of amides is 1. The minimum atomic E-state index is -0.146. The van der Waals surface area contributed by atoms with Gasteiger partial charge in [0.05, 0.1) is 17.0 Å². The number of nitrogens with zero attached hydrogens (tertiary/aromatic N) is 3. The second kappa shape index (κ2) is 8.96. The number of benzene rings is 1. The van der Waals surface area contributed by atoms with Gasteiger partial charge in [0.15, 0.2) is 5.76 Å². The first-order valence-corrected chi connectivity index (χ1v) is 9.55. The molecule has 0 atom stereocenters. The van der Waals surface area contributed by atoms with Crippen LogP contribution in [-0.2, 0) is 16.1 Å². The van der Waals surface area contributed by atoms with Crippen LogP contribution in [0.5, 0.6) is 0 Å². The normalized spacial score (nSPS) is 11.1. The van der Waals surface area contributed by atoms with E-state index in [9.17, 15) is 4.79 Å². The molecule has 3 rings (SSSR count). The summed E-state index contributed by atoms with van der Waals surface area (Å²) in [7, 11) is 1.50. The molecule has 1 aromatic carbocycles. The third kappa shape index (κ3) is 4.68. The molecule has 0 fully saturated rings. The minimum absolute atomic E-state index is 0.0519. The van der Waals surface area contributed by atoms with Crippen LogP contribution in [0.2, 0.25) is 0 Å². The van der Waals surface area contributed by atoms with Crippen LogP contribution in [0, 0.1) is 13.8 Å². The zero-order valence-electron chi connectivity index (χ0n) is 17.4. The smallest absolute Gasteiger partial charge is 0.246 e. The van der Waals surface area contributed by atoms with Gasteiger partial charge in [0.25, 0.3) is 0 Å². The first kappa shape index (κ1) is 20.7. The van der Waals surface area contributed by atoms with E-state index in [1.165, 1.54) is 7.11 Å². The molecule has 0 aliphatic heterocycles. The number of hydrogen-bond acceptors (Lipinski definition) is 6. The first-order valence-electron chi connectivity index (χ1n) is 9.55. The number of methoxy groups -OCH3 is 1. The summed E-state index contributed by atoms with van der Waals surface area (Å²) in [6, 6.07) is 7.93. The zero-order chi connectivity index (χ0) is 21.0. The highest BCUT2D eigenvalue weighted by molar-refractivity contribution is 5.79. The molecular weight excluding hydrogens is 368 g/mol. The average molecular weight is 394 g/mol. The lowest BCUT2D eigenvalue weighted by Gasteiger charge is -2.12. The number of aryl methyl sites for hydroxylation is 1. The Morgan fingerprint density at radius 3 is 2.52 bits per heavy atom. The van der Waals surface area contributed by atoms with E-state index >= 15 is 0 Å². The predicted molar refractivity (Wildman–Crippen MR) is 110 cm³/mol. The fourth-order valence-electron chi connectivity index (χ4n) is 2.89. The van der Waals surface area contributed by atoms with Crippen molar-refractivity contribution in [1.82, 2.24) is 20.4 Å². The molecule has 0 unspecified atom stereocenters. The molecule has 0 saturated carbocycles. The summed E-state index contributed by atoms with van der Waals surface area (Å²) in [5, 5.41) is 6.89. The highest BCUT2D eigenvalue weighted by atomic mass is 16.5. The second-order valence-electron chi connectivity index (χ2n) is 7.27. The van der Waals surface area contributed by atoms with Gasteiger partial charge in [-0.1, -0.05) is 43.3 Å². The van der Waals surface area contributed by atoms with Crippen molar-refractivity contribution in [3.8, 4) is 22.6 Å². The van der Waals surface area contributed by atoms with Crippen LogP contribution in [0.4, 0.5) is 0 Å². The molecule has 0 saturated heterocycles. The van der Waals surface area contributed by atoms with Gasteiger partial charge in [-0.2, -0.15) is 0 Å². The average Bonchev–Trinajstić information content (AvgIpc) is 3.05. The van der Waals surface area contributed by atoms with E-state index in [0.29, 0.717) is 12.3 Å². The molecule has 0 aliphatic rings. The van der Waals surface area contributed by atoms with Crippen molar-refractivity contribution in [2.45, 2.75) is 40.2 Å². The predicted octanol–water partition coefficient (Wildman–Crippen LogP) is 3.80. The molecular formula is C22H26N4O3. The standard InChI is InChI=1S/C22H26N4O3/c1-13(2)22-24-11-18(21-14(3)15(4)26-29-21)20(25-22)17-8-6-16(7-9-17)10-23-19(27)12-28-5/h6-9,11,13H,10,12H2,1-5H3,(H,23,27). The third-order valence-corrected chi connectivity index (χ3v) is 4.72. The van der Waals surface area contributed by atoms with Crippen LogP contribution in [0.25, 0.3) is 22.6 Å². The van der Waals surface area contributed by atoms with Crippen LogP contribution in [0.1, 0.15) is 42.4 Å². The highest BCUT2D eigenvalue weighted by Gasteiger charge is 2.19. The summed E-state index contributed by atoms with van der Waals surface area (Å²) >= 11 is 0. The Balaban J connectivity index is 1.95. The van der Waals surface area contributed by atoms with Crippen molar-refractivity contribution < 1.29 is 14.1 Å². The molecule has 29 heavy (non-hydrogen) atoms. The van der Waals surface area contributed by atoms with Gasteiger partial charge in [0, 0.05) is 36.9 Å². The van der Waals surface area contributed by atoms with Gasteiger partial charge in [0.2, 0.25) is 5.91 Å². The Kier molecular flexibility index (Phi) is 6.39. The van der Waals surface area contributed by atoms with E-state index < -0.39 is 0 Å². The highest BCUT2D eigenvalue weighted by Crippen LogP contribution is 2.34. The van der Waals surface area contributed by atoms with Crippen LogP contribution >= 0.6 is 0 Å². The van der Waals surface area contributed by atoms with E-state index in [0.717, 1.165) is 39.5 Å². The molecule has 0 radical (unpaired) electrons. The molecule has 2 aromatic heterocycles. The molecule has 0 aliphatic carbocycles. The van der Waals surface area contributed by atoms with E-state index in [4.69, 9.17) is 14.2 Å². The van der Waals surface area contributed by atoms with Gasteiger partial charge in [-0.25, -0.2) is 9.97 Å². The SMILES string of the molecule is COCC(=O)NCc1ccc(-c2nc(C(C)C)ncc2-c2onc(C)c2C)cc1. The number of nitrogens with one attached hydrogen (secondary N) is 1. The van der Waals surface area contributed by atoms with Gasteiger partial charge in [-0.3, -0.25) is 4.79 Å². The summed E-state index contributed by atoms with van der Waals surface area (Å²) in [6.07, 6.45) is 1.81. The first-order chi connectivity index (χ1) is 13.9. The van der Waals surface area contributed by atoms with Gasteiger partial charge in [0.1, 0.15) is 12.4 Å². The number of ether oxygens (including phenoxy) is 1. The van der Waals surface area contributed by atoms with E-state index in [1.54, 1.807) is 0 Å². The summed E-state index contributed by atoms with van der Waals surface area (Å²) in [4.78, 5) is 20.9. The minimum Gasteiger partial charge on any atom is -0.375 e. The number of rotatable bonds is 7. The lowest BCUT2D eigenvalue weighted by Crippen LogP contribution is -2.26. The van der Waals surface area contributed by atoms with Crippen molar-refractivity contribution in [3.63, 3.8) is 0 Å². The fourth-order valence-corrected chi connectivity index (χ4v) is 2.89. The molecule has 0 spiro atoms. The van der Waals surface area contributed by atoms with Gasteiger partial charge < -0.3 is 14.6 Å². The maximum absolute atomic E-state index is 11.6. The fraction of sp³-hybridized carbons (Fsp3) is 0.364. The van der Waals surface area contributed by atoms with Crippen LogP contribution in [0.3, 0.4) is 0 Å². The Labute approximate surface area is 170 Å². The quantitative estimate of drug-likeness (QED) is 0.655. The Morgan fingerprint density at radius 1 is 1.21 bits per heavy atom. The van der Waals surface area contributed by atoms with Crippen LogP contribution in [0.15, 0.2) is 35.0 Å². The van der Waals surface area contributed by atoms with Crippen LogP contribution < -0.4 is 5.32 Å². The lowest BCUT2D eigenvalue weighted by atomic mass is 10.0. The molecule has 7 heteroatoms. The molecule has 152 valence electrons. The molecule has 7 nitrogen and oxygen atoms in total. The molecule has 2 heterocycles. The lowest BCUT2D eigenvalue weighted by molar-refractivity contribution is -0.124. The third-order valence-electron chi connectivity index (χ3n) is 4.72. The Bertz CT molecular complexity index is 994. The Morgan fingerprint density at radius 2 is 1.93 bits per heavy atom. The topological polar surface area (TPSA) is 90.1 Å². The van der Waals surface area contributed by atoms with Crippen molar-refractivity contribution in [2.75, 3.05) is 13.7 Å².